The van der Waals surface area contributed by atoms with Crippen molar-refractivity contribution in [3.05, 3.63) is 71.3 Å². The predicted octanol–water partition coefficient (Wildman–Crippen LogP) is 4.41. The molecule has 0 atom stereocenters. The van der Waals surface area contributed by atoms with Crippen molar-refractivity contribution in [3.8, 4) is 0 Å². The van der Waals surface area contributed by atoms with E-state index in [0.717, 1.165) is 94.0 Å². The number of allylic oxidation sites excluding steroid dienone is 5. The summed E-state index contributed by atoms with van der Waals surface area (Å²) in [6, 6.07) is 9.45. The van der Waals surface area contributed by atoms with Crippen LogP contribution < -0.4 is 0 Å². The summed E-state index contributed by atoms with van der Waals surface area (Å²) in [7, 11) is 0. The fourth-order valence-corrected chi connectivity index (χ4v) is 7.34. The third kappa shape index (κ3) is 8.70. The van der Waals surface area contributed by atoms with Gasteiger partial charge in [0.25, 0.3) is 11.8 Å². The van der Waals surface area contributed by atoms with Crippen LogP contribution in [0.25, 0.3) is 0 Å². The summed E-state index contributed by atoms with van der Waals surface area (Å²) in [6.45, 7) is 17.1. The van der Waals surface area contributed by atoms with E-state index in [9.17, 15) is 9.59 Å². The molecule has 4 heterocycles. The van der Waals surface area contributed by atoms with E-state index >= 15 is 0 Å². The van der Waals surface area contributed by atoms with Gasteiger partial charge in [0.15, 0.2) is 0 Å². The molecular weight excluding hydrogens is 612 g/mol. The topological polar surface area (TPSA) is 78.3 Å². The average Bonchev–Trinajstić information content (AvgIpc) is 3.77. The molecule has 4 fully saturated rings. The van der Waals surface area contributed by atoms with Gasteiger partial charge in [-0.25, -0.2) is 0 Å². The number of aryl methyl sites for hydroxylation is 1. The molecule has 7 rings (SSSR count). The van der Waals surface area contributed by atoms with Gasteiger partial charge in [-0.3, -0.25) is 39.2 Å². The van der Waals surface area contributed by atoms with Crippen molar-refractivity contribution in [2.75, 3.05) is 78.5 Å². The maximum Gasteiger partial charge on any atom is 0.260 e. The standard InChI is InChI=1S/C20H30N4O.C19H26N4O/c1-3-4-6-17(2)9-10-19(25)24-12-11-21-20(24)23-15-13-22(14-16-23)18-7-5-8-18;1-15-5-7-16(8-6-15)18(24)23-10-9-20-19(23)22-13-11-21(12-14-22)17-3-2-4-17/h3-4,6,9-10,18H,5,7-8,11-16H2,1-2H3;5-8,17H,2-4,9-14H2,1H3/b4-3-,10-9+,17-6-;. The number of carbonyl (C=O) groups excluding carboxylic acids is 2. The summed E-state index contributed by atoms with van der Waals surface area (Å²) in [5.41, 5.74) is 3.00. The minimum Gasteiger partial charge on any atom is -0.340 e. The number of guanidine groups is 2. The molecule has 2 saturated carbocycles. The fourth-order valence-electron chi connectivity index (χ4n) is 7.34. The fraction of sp³-hybridized carbons (Fsp3) is 0.590. The molecule has 2 saturated heterocycles. The van der Waals surface area contributed by atoms with Crippen molar-refractivity contribution in [2.45, 2.75) is 71.4 Å². The summed E-state index contributed by atoms with van der Waals surface area (Å²) < 4.78 is 0. The van der Waals surface area contributed by atoms with Crippen LogP contribution in [0.15, 0.2) is 70.2 Å². The summed E-state index contributed by atoms with van der Waals surface area (Å²) in [4.78, 5) is 48.2. The van der Waals surface area contributed by atoms with E-state index in [1.54, 1.807) is 6.08 Å². The molecule has 1 aromatic rings. The maximum absolute atomic E-state index is 12.8. The first-order chi connectivity index (χ1) is 23.9. The van der Waals surface area contributed by atoms with E-state index in [1.807, 2.05) is 79.1 Å². The molecule has 0 unspecified atom stereocenters. The number of nitrogens with zero attached hydrogens (tertiary/aromatic N) is 8. The van der Waals surface area contributed by atoms with Crippen molar-refractivity contribution in [1.29, 1.82) is 0 Å². The second-order valence-electron chi connectivity index (χ2n) is 14.2. The van der Waals surface area contributed by atoms with Crippen LogP contribution in [-0.4, -0.2) is 144 Å². The third-order valence-electron chi connectivity index (χ3n) is 10.9. The number of aliphatic imine (C=N–C) groups is 2. The Balaban J connectivity index is 0.000000170. The molecule has 49 heavy (non-hydrogen) atoms. The third-order valence-corrected chi connectivity index (χ3v) is 10.9. The zero-order valence-corrected chi connectivity index (χ0v) is 30.0. The monoisotopic (exact) mass is 668 g/mol. The Bertz CT molecular complexity index is 1440. The SMILES string of the molecule is C\C=C/C=C(C)\C=C\C(=O)N1CCN=C1N1CCN(C2CCC2)CC1.Cc1ccc(C(=O)N2CCN=C2N2CCN(C3CCC3)CC2)cc1. The second-order valence-corrected chi connectivity index (χ2v) is 14.2. The first kappa shape index (κ1) is 35.1. The van der Waals surface area contributed by atoms with Gasteiger partial charge < -0.3 is 9.80 Å². The lowest BCUT2D eigenvalue weighted by molar-refractivity contribution is -0.122. The summed E-state index contributed by atoms with van der Waals surface area (Å²) in [6.07, 6.45) is 17.7. The molecule has 10 heteroatoms. The van der Waals surface area contributed by atoms with Gasteiger partial charge >= 0.3 is 0 Å². The second kappa shape index (κ2) is 16.8. The minimum atomic E-state index is 0.0332. The highest BCUT2D eigenvalue weighted by Gasteiger charge is 2.34. The smallest absolute Gasteiger partial charge is 0.260 e. The van der Waals surface area contributed by atoms with Crippen LogP contribution in [0.5, 0.6) is 0 Å². The summed E-state index contributed by atoms with van der Waals surface area (Å²) in [5, 5.41) is 0. The average molecular weight is 669 g/mol. The van der Waals surface area contributed by atoms with E-state index in [1.165, 1.54) is 44.1 Å². The van der Waals surface area contributed by atoms with E-state index < -0.39 is 0 Å². The number of hydrogen-bond donors (Lipinski definition) is 0. The van der Waals surface area contributed by atoms with E-state index in [2.05, 4.69) is 29.6 Å². The van der Waals surface area contributed by atoms with Crippen LogP contribution in [0.3, 0.4) is 0 Å². The number of amides is 2. The van der Waals surface area contributed by atoms with Gasteiger partial charge in [0.2, 0.25) is 11.9 Å². The Morgan fingerprint density at radius 3 is 1.69 bits per heavy atom. The molecule has 0 spiro atoms. The molecular formula is C39H56N8O2. The Hall–Kier alpha value is -3.76. The first-order valence-corrected chi connectivity index (χ1v) is 18.7. The molecule has 10 nitrogen and oxygen atoms in total. The highest BCUT2D eigenvalue weighted by Crippen LogP contribution is 2.27. The molecule has 0 aromatic heterocycles. The number of benzene rings is 1. The first-order valence-electron chi connectivity index (χ1n) is 18.7. The number of carbonyl (C=O) groups is 2. The molecule has 2 aliphatic carbocycles. The largest absolute Gasteiger partial charge is 0.340 e. The van der Waals surface area contributed by atoms with Crippen molar-refractivity contribution in [2.24, 2.45) is 9.98 Å². The lowest BCUT2D eigenvalue weighted by atomic mass is 9.91. The molecule has 4 aliphatic heterocycles. The highest BCUT2D eigenvalue weighted by molar-refractivity contribution is 6.06. The normalized spacial score (nSPS) is 23.0. The Morgan fingerprint density at radius 1 is 0.694 bits per heavy atom. The number of hydrogen-bond acceptors (Lipinski definition) is 8. The van der Waals surface area contributed by atoms with Crippen LogP contribution in [0.2, 0.25) is 0 Å². The molecule has 0 radical (unpaired) electrons. The minimum absolute atomic E-state index is 0.0332. The van der Waals surface area contributed by atoms with Crippen molar-refractivity contribution in [1.82, 2.24) is 29.4 Å². The van der Waals surface area contributed by atoms with Gasteiger partial charge in [0, 0.05) is 89.2 Å². The predicted molar refractivity (Wildman–Crippen MR) is 198 cm³/mol. The summed E-state index contributed by atoms with van der Waals surface area (Å²) in [5.74, 6) is 1.87. The van der Waals surface area contributed by atoms with Gasteiger partial charge in [-0.1, -0.05) is 60.4 Å². The van der Waals surface area contributed by atoms with Gasteiger partial charge in [-0.2, -0.15) is 0 Å². The Kier molecular flexibility index (Phi) is 12.0. The van der Waals surface area contributed by atoms with Crippen molar-refractivity contribution < 1.29 is 9.59 Å². The van der Waals surface area contributed by atoms with Crippen molar-refractivity contribution in [3.63, 3.8) is 0 Å². The van der Waals surface area contributed by atoms with Crippen LogP contribution in [-0.2, 0) is 4.79 Å². The zero-order valence-electron chi connectivity index (χ0n) is 30.0. The van der Waals surface area contributed by atoms with E-state index in [0.29, 0.717) is 19.6 Å². The van der Waals surface area contributed by atoms with Crippen LogP contribution in [0.1, 0.15) is 68.3 Å². The number of piperazine rings is 2. The molecule has 6 aliphatic rings. The zero-order chi connectivity index (χ0) is 34.2. The molecule has 264 valence electrons. The Labute approximate surface area is 293 Å². The van der Waals surface area contributed by atoms with Crippen LogP contribution >= 0.6 is 0 Å². The maximum atomic E-state index is 12.8. The number of rotatable bonds is 6. The summed E-state index contributed by atoms with van der Waals surface area (Å²) >= 11 is 0. The van der Waals surface area contributed by atoms with E-state index in [4.69, 9.17) is 0 Å². The highest BCUT2D eigenvalue weighted by atomic mass is 16.2. The van der Waals surface area contributed by atoms with Crippen LogP contribution in [0.4, 0.5) is 0 Å². The quantitative estimate of drug-likeness (QED) is 0.330. The molecule has 0 N–H and O–H groups in total. The molecule has 1 aromatic carbocycles. The van der Waals surface area contributed by atoms with Gasteiger partial charge in [-0.05, 0) is 58.6 Å². The van der Waals surface area contributed by atoms with Crippen molar-refractivity contribution >= 4 is 23.7 Å². The van der Waals surface area contributed by atoms with Gasteiger partial charge in [0.05, 0.1) is 13.1 Å². The van der Waals surface area contributed by atoms with Crippen LogP contribution in [0, 0.1) is 6.92 Å². The van der Waals surface area contributed by atoms with Gasteiger partial charge in [0.1, 0.15) is 0 Å². The molecule has 2 amide bonds. The van der Waals surface area contributed by atoms with Gasteiger partial charge in [-0.15, -0.1) is 0 Å². The lowest BCUT2D eigenvalue weighted by Gasteiger charge is -2.44. The lowest BCUT2D eigenvalue weighted by Crippen LogP contribution is -2.56. The van der Waals surface area contributed by atoms with E-state index in [-0.39, 0.29) is 11.8 Å². The molecule has 0 bridgehead atoms. The Morgan fingerprint density at radius 2 is 1.20 bits per heavy atom.